The van der Waals surface area contributed by atoms with E-state index in [0.717, 1.165) is 0 Å². The molecule has 0 aromatic heterocycles. The van der Waals surface area contributed by atoms with Crippen molar-refractivity contribution in [2.24, 2.45) is 0 Å². The van der Waals surface area contributed by atoms with Gasteiger partial charge in [-0.2, -0.15) is 0 Å². The topological polar surface area (TPSA) is 17.1 Å². The van der Waals surface area contributed by atoms with Gasteiger partial charge in [-0.15, -0.1) is 0 Å². The van der Waals surface area contributed by atoms with Crippen LogP contribution < -0.4 is 0 Å². The van der Waals surface area contributed by atoms with Crippen molar-refractivity contribution in [3.8, 4) is 0 Å². The lowest BCUT2D eigenvalue weighted by molar-refractivity contribution is 0.569. The van der Waals surface area contributed by atoms with Crippen molar-refractivity contribution >= 4 is 5.94 Å². The van der Waals surface area contributed by atoms with E-state index >= 15 is 0 Å². The molecule has 0 fully saturated rings. The van der Waals surface area contributed by atoms with Gasteiger partial charge < -0.3 is 0 Å². The van der Waals surface area contributed by atoms with E-state index in [9.17, 15) is 0 Å². The highest BCUT2D eigenvalue weighted by Gasteiger charge is 1.01. The molecule has 0 bridgehead atoms. The van der Waals surface area contributed by atoms with Crippen LogP contribution in [0.25, 0.3) is 0 Å². The van der Waals surface area contributed by atoms with Crippen LogP contribution >= 0.6 is 0 Å². The van der Waals surface area contributed by atoms with Crippen molar-refractivity contribution in [3.05, 3.63) is 6.58 Å². The van der Waals surface area contributed by atoms with Crippen LogP contribution in [0.5, 0.6) is 0 Å². The second-order valence-electron chi connectivity index (χ2n) is 0.144. The van der Waals surface area contributed by atoms with Gasteiger partial charge in [-0.3, -0.25) is 0 Å². The van der Waals surface area contributed by atoms with Gasteiger partial charge in [-0.05, 0) is 6.58 Å². The van der Waals surface area contributed by atoms with Crippen LogP contribution in [0.3, 0.4) is 0 Å². The van der Waals surface area contributed by atoms with Crippen LogP contribution in [0.15, 0.2) is 6.58 Å². The fraction of sp³-hybridized carbons (Fsp3) is 0.333. The molecule has 0 N–H and O–H groups in total. The molecule has 0 aromatic rings. The van der Waals surface area contributed by atoms with Crippen LogP contribution in [-0.4, -0.2) is 5.94 Å². The molecule has 4 heavy (non-hydrogen) atoms. The van der Waals surface area contributed by atoms with Crippen LogP contribution in [0.1, 0.15) is 7.43 Å². The molecule has 0 spiro atoms. The minimum absolute atomic E-state index is 0. The Morgan fingerprint density at radius 1 is 1.75 bits per heavy atom. The largest absolute Gasteiger partial charge is 0.234 e. The number of hydrogen-bond acceptors (Lipinski definition) is 1. The van der Waals surface area contributed by atoms with Crippen molar-refractivity contribution in [2.75, 3.05) is 0 Å². The molecule has 0 aliphatic heterocycles. The lowest BCUT2D eigenvalue weighted by Crippen LogP contribution is -1.15. The summed E-state index contributed by atoms with van der Waals surface area (Å²) in [6.07, 6.45) is 0. The van der Waals surface area contributed by atoms with Gasteiger partial charge in [0.15, 0.2) is 0 Å². The van der Waals surface area contributed by atoms with E-state index in [4.69, 9.17) is 4.79 Å². The molecule has 24 valence electrons. The van der Waals surface area contributed by atoms with E-state index in [0.29, 0.717) is 0 Å². The number of hydrogen-bond donors (Lipinski definition) is 0. The molecule has 0 heterocycles. The van der Waals surface area contributed by atoms with Gasteiger partial charge in [0.25, 0.3) is 0 Å². The minimum Gasteiger partial charge on any atom is -0.234 e. The number of carbonyl (C=O) groups excluding carboxylic acids is 1. The highest BCUT2D eigenvalue weighted by molar-refractivity contribution is 5.38. The summed E-state index contributed by atoms with van der Waals surface area (Å²) in [4.78, 5) is 8.57. The molecule has 0 atom stereocenters. The summed E-state index contributed by atoms with van der Waals surface area (Å²) in [6, 6.07) is 0. The molecule has 0 unspecified atom stereocenters. The van der Waals surface area contributed by atoms with E-state index in [1.54, 1.807) is 0 Å². The quantitative estimate of drug-likeness (QED) is 0.369. The maximum atomic E-state index is 8.57. The zero-order chi connectivity index (χ0) is 2.71. The molecular formula is C3H6O. The summed E-state index contributed by atoms with van der Waals surface area (Å²) in [5.41, 5.74) is 0. The van der Waals surface area contributed by atoms with Crippen molar-refractivity contribution in [3.63, 3.8) is 0 Å². The summed E-state index contributed by atoms with van der Waals surface area (Å²) in [6.45, 7) is 2.68. The van der Waals surface area contributed by atoms with Gasteiger partial charge in [-0.1, -0.05) is 7.43 Å². The van der Waals surface area contributed by atoms with Crippen molar-refractivity contribution in [1.29, 1.82) is 0 Å². The Balaban J connectivity index is 0. The third kappa shape index (κ3) is 0.971. The Labute approximate surface area is 25.9 Å². The molecule has 1 nitrogen and oxygen atoms in total. The van der Waals surface area contributed by atoms with Crippen molar-refractivity contribution in [1.82, 2.24) is 0 Å². The zero-order valence-electron chi connectivity index (χ0n) is 1.62. The third-order valence-electron chi connectivity index (χ3n) is 0. The van der Waals surface area contributed by atoms with Gasteiger partial charge >= 0.3 is 0 Å². The fourth-order valence-electron chi connectivity index (χ4n) is 0. The Bertz CT molecular complexity index is 24.3. The molecule has 0 aromatic carbocycles. The summed E-state index contributed by atoms with van der Waals surface area (Å²) < 4.78 is 0. The van der Waals surface area contributed by atoms with Crippen molar-refractivity contribution < 1.29 is 4.79 Å². The summed E-state index contributed by atoms with van der Waals surface area (Å²) in [5, 5.41) is 0. The van der Waals surface area contributed by atoms with Crippen LogP contribution in [0, 0.1) is 0 Å². The normalized spacial score (nSPS) is 2.00. The Morgan fingerprint density at radius 3 is 1.75 bits per heavy atom. The first-order valence-corrected chi connectivity index (χ1v) is 0.558. The van der Waals surface area contributed by atoms with Gasteiger partial charge in [0.1, 0.15) is 5.94 Å². The second-order valence-corrected chi connectivity index (χ2v) is 0.144. The standard InChI is InChI=1S/C2H2O.CH4/c1-2-3;/h1H2;1H4/i;1-6. The lowest BCUT2D eigenvalue weighted by atomic mass is 6.00. The molecule has 0 radical (unpaired) electrons. The first-order chi connectivity index (χ1) is 1.41. The number of rotatable bonds is 0. The summed E-state index contributed by atoms with van der Waals surface area (Å²) in [7, 11) is 0. The molecule has 0 aliphatic carbocycles. The molecule has 0 saturated heterocycles. The molecular weight excluding hydrogens is 46.0 g/mol. The summed E-state index contributed by atoms with van der Waals surface area (Å²) in [5.74, 6) is 1.25. The smallest absolute Gasteiger partial charge is 0.116 e. The molecule has 0 amide bonds. The maximum absolute atomic E-state index is 8.57. The molecule has 1 heteroatoms. The van der Waals surface area contributed by atoms with E-state index in [-0.39, 0.29) is 7.43 Å². The molecule has 0 aliphatic rings. The van der Waals surface area contributed by atoms with Crippen LogP contribution in [-0.2, 0) is 4.79 Å². The SMILES string of the molecule is C=C=O.[6CH4]. The Morgan fingerprint density at radius 2 is 1.75 bits per heavy atom. The van der Waals surface area contributed by atoms with Gasteiger partial charge in [0.2, 0.25) is 0 Å². The molecule has 0 rings (SSSR count). The average Bonchev–Trinajstić information content (AvgIpc) is 0.918. The van der Waals surface area contributed by atoms with Crippen LogP contribution in [0.4, 0.5) is 0 Å². The predicted octanol–water partition coefficient (Wildman–Crippen LogP) is 0.640. The minimum atomic E-state index is 0. The van der Waals surface area contributed by atoms with Gasteiger partial charge in [-0.25, -0.2) is 4.79 Å². The Kier molecular flexibility index (Phi) is 62.6. The Hall–Kier alpha value is -0.550. The average molecular weight is 52.1 g/mol. The predicted molar refractivity (Wildman–Crippen MR) is 18.1 cm³/mol. The summed E-state index contributed by atoms with van der Waals surface area (Å²) >= 11 is 0. The van der Waals surface area contributed by atoms with E-state index in [1.165, 1.54) is 5.94 Å². The maximum Gasteiger partial charge on any atom is 0.116 e. The van der Waals surface area contributed by atoms with Crippen LogP contribution in [0.2, 0.25) is 0 Å². The van der Waals surface area contributed by atoms with Gasteiger partial charge in [0, 0.05) is 0 Å². The monoisotopic (exact) mass is 52.0 g/mol. The van der Waals surface area contributed by atoms with Gasteiger partial charge in [0.05, 0.1) is 0 Å². The van der Waals surface area contributed by atoms with E-state index in [1.807, 2.05) is 0 Å². The second kappa shape index (κ2) is 25.4. The first kappa shape index (κ1) is 9.85. The highest BCUT2D eigenvalue weighted by atomic mass is 16.1. The van der Waals surface area contributed by atoms with E-state index in [2.05, 4.69) is 6.58 Å². The van der Waals surface area contributed by atoms with E-state index < -0.39 is 0 Å². The zero-order valence-corrected chi connectivity index (χ0v) is 1.62. The highest BCUT2D eigenvalue weighted by Crippen LogP contribution is 0.894. The lowest BCUT2D eigenvalue weighted by Gasteiger charge is -1.02. The fourth-order valence-corrected chi connectivity index (χ4v) is 0. The van der Waals surface area contributed by atoms with Crippen molar-refractivity contribution in [2.45, 2.75) is 7.43 Å². The first-order valence-electron chi connectivity index (χ1n) is 0.558. The molecule has 0 saturated carbocycles. The third-order valence-corrected chi connectivity index (χ3v) is 0.